The van der Waals surface area contributed by atoms with Gasteiger partial charge in [-0.3, -0.25) is 0 Å². The summed E-state index contributed by atoms with van der Waals surface area (Å²) in [5.41, 5.74) is 9.07. The van der Waals surface area contributed by atoms with Gasteiger partial charge in [-0.15, -0.1) is 0 Å². The summed E-state index contributed by atoms with van der Waals surface area (Å²) in [4.78, 5) is 2.28. The van der Waals surface area contributed by atoms with Gasteiger partial charge in [0.1, 0.15) is 11.5 Å². The Labute approximate surface area is 225 Å². The summed E-state index contributed by atoms with van der Waals surface area (Å²) in [6.45, 7) is 2.11. The summed E-state index contributed by atoms with van der Waals surface area (Å²) >= 11 is 0. The molecule has 0 aromatic heterocycles. The Morgan fingerprint density at radius 1 is 0.526 bits per heavy atom. The molecule has 0 heterocycles. The highest BCUT2D eigenvalue weighted by molar-refractivity contribution is 5.92. The molecule has 0 N–H and O–H groups in total. The predicted octanol–water partition coefficient (Wildman–Crippen LogP) is 9.07. The summed E-state index contributed by atoms with van der Waals surface area (Å²) in [6, 6.07) is 44.2. The number of aryl methyl sites for hydroxylation is 1. The number of hydrogen-bond donors (Lipinski definition) is 0. The standard InChI is InChI=1S/C35H31NO2/c1-26-9-17-31(18-10-26)36(30-7-5-4-6-8-30)32-19-11-27(12-20-32)25-35(28-13-21-33(37-2)22-14-28)29-15-23-34(38-3)24-16-29/h4-25H,1-3H3. The van der Waals surface area contributed by atoms with Crippen LogP contribution in [0.3, 0.4) is 0 Å². The SMILES string of the molecule is COc1ccc(C(=Cc2ccc(N(c3ccccc3)c3ccc(C)cc3)cc2)c2ccc(OC)cc2)cc1. The Kier molecular flexibility index (Phi) is 7.56. The van der Waals surface area contributed by atoms with Crippen molar-refractivity contribution in [3.05, 3.63) is 150 Å². The molecule has 5 rings (SSSR count). The Hall–Kier alpha value is -4.76. The van der Waals surface area contributed by atoms with Crippen molar-refractivity contribution in [2.75, 3.05) is 19.1 Å². The molecule has 38 heavy (non-hydrogen) atoms. The van der Waals surface area contributed by atoms with E-state index >= 15 is 0 Å². The van der Waals surface area contributed by atoms with E-state index in [2.05, 4.69) is 115 Å². The number of methoxy groups -OCH3 is 2. The van der Waals surface area contributed by atoms with Crippen molar-refractivity contribution in [1.29, 1.82) is 0 Å². The molecule has 0 amide bonds. The molecule has 0 radical (unpaired) electrons. The van der Waals surface area contributed by atoms with Crippen LogP contribution in [0.5, 0.6) is 11.5 Å². The zero-order valence-electron chi connectivity index (χ0n) is 22.0. The molecule has 188 valence electrons. The van der Waals surface area contributed by atoms with Crippen molar-refractivity contribution in [3.63, 3.8) is 0 Å². The van der Waals surface area contributed by atoms with E-state index < -0.39 is 0 Å². The van der Waals surface area contributed by atoms with Crippen molar-refractivity contribution in [1.82, 2.24) is 0 Å². The lowest BCUT2D eigenvalue weighted by atomic mass is 9.95. The Morgan fingerprint density at radius 3 is 1.45 bits per heavy atom. The van der Waals surface area contributed by atoms with Crippen LogP contribution in [0.4, 0.5) is 17.1 Å². The molecular weight excluding hydrogens is 466 g/mol. The predicted molar refractivity (Wildman–Crippen MR) is 159 cm³/mol. The van der Waals surface area contributed by atoms with Crippen LogP contribution in [-0.2, 0) is 0 Å². The molecule has 3 nitrogen and oxygen atoms in total. The van der Waals surface area contributed by atoms with Crippen LogP contribution in [0.15, 0.2) is 127 Å². The van der Waals surface area contributed by atoms with Crippen LogP contribution in [0.2, 0.25) is 0 Å². The van der Waals surface area contributed by atoms with Gasteiger partial charge >= 0.3 is 0 Å². The zero-order chi connectivity index (χ0) is 26.3. The second kappa shape index (κ2) is 11.5. The number of nitrogens with zero attached hydrogens (tertiary/aromatic N) is 1. The molecule has 0 aliphatic rings. The molecular formula is C35H31NO2. The maximum atomic E-state index is 5.38. The zero-order valence-corrected chi connectivity index (χ0v) is 22.0. The summed E-state index contributed by atoms with van der Waals surface area (Å²) in [6.07, 6.45) is 2.23. The first kappa shape index (κ1) is 24.9. The van der Waals surface area contributed by atoms with E-state index in [4.69, 9.17) is 9.47 Å². The lowest BCUT2D eigenvalue weighted by Crippen LogP contribution is -2.09. The smallest absolute Gasteiger partial charge is 0.118 e. The Balaban J connectivity index is 1.54. The number of rotatable bonds is 8. The molecule has 3 heteroatoms. The molecule has 0 spiro atoms. The van der Waals surface area contributed by atoms with E-state index in [9.17, 15) is 0 Å². The van der Waals surface area contributed by atoms with E-state index in [1.54, 1.807) is 14.2 Å². The Morgan fingerprint density at radius 2 is 0.974 bits per heavy atom. The van der Waals surface area contributed by atoms with Crippen molar-refractivity contribution >= 4 is 28.7 Å². The van der Waals surface area contributed by atoms with Gasteiger partial charge in [0.15, 0.2) is 0 Å². The van der Waals surface area contributed by atoms with Crippen molar-refractivity contribution in [3.8, 4) is 11.5 Å². The number of benzene rings is 5. The number of anilines is 3. The van der Waals surface area contributed by atoms with E-state index in [0.717, 1.165) is 50.8 Å². The fraction of sp³-hybridized carbons (Fsp3) is 0.0857. The van der Waals surface area contributed by atoms with Crippen LogP contribution in [-0.4, -0.2) is 14.2 Å². The first-order chi connectivity index (χ1) is 18.6. The molecule has 0 saturated carbocycles. The summed E-state index contributed by atoms with van der Waals surface area (Å²) in [5.74, 6) is 1.67. The van der Waals surface area contributed by atoms with Gasteiger partial charge in [-0.1, -0.05) is 72.3 Å². The molecule has 0 unspecified atom stereocenters. The summed E-state index contributed by atoms with van der Waals surface area (Å²) in [5, 5.41) is 0. The van der Waals surface area contributed by atoms with Crippen LogP contribution in [0, 0.1) is 6.92 Å². The number of hydrogen-bond acceptors (Lipinski definition) is 3. The van der Waals surface area contributed by atoms with Crippen LogP contribution in [0.25, 0.3) is 11.6 Å². The minimum atomic E-state index is 0.837. The first-order valence-electron chi connectivity index (χ1n) is 12.7. The highest BCUT2D eigenvalue weighted by Gasteiger charge is 2.12. The van der Waals surface area contributed by atoms with Gasteiger partial charge in [0.05, 0.1) is 14.2 Å². The first-order valence-corrected chi connectivity index (χ1v) is 12.7. The molecule has 0 atom stereocenters. The fourth-order valence-electron chi connectivity index (χ4n) is 4.48. The minimum absolute atomic E-state index is 0.837. The second-order valence-corrected chi connectivity index (χ2v) is 9.11. The Bertz CT molecular complexity index is 1440. The van der Waals surface area contributed by atoms with E-state index in [1.807, 2.05) is 30.3 Å². The maximum Gasteiger partial charge on any atom is 0.118 e. The molecule has 0 fully saturated rings. The average molecular weight is 498 g/mol. The largest absolute Gasteiger partial charge is 0.497 e. The van der Waals surface area contributed by atoms with Gasteiger partial charge in [0.2, 0.25) is 0 Å². The summed E-state index contributed by atoms with van der Waals surface area (Å²) < 4.78 is 10.8. The van der Waals surface area contributed by atoms with E-state index in [0.29, 0.717) is 0 Å². The maximum absolute atomic E-state index is 5.38. The topological polar surface area (TPSA) is 21.7 Å². The van der Waals surface area contributed by atoms with Crippen molar-refractivity contribution in [2.24, 2.45) is 0 Å². The minimum Gasteiger partial charge on any atom is -0.497 e. The highest BCUT2D eigenvalue weighted by Crippen LogP contribution is 2.35. The van der Waals surface area contributed by atoms with Gasteiger partial charge in [-0.2, -0.15) is 0 Å². The van der Waals surface area contributed by atoms with E-state index in [1.165, 1.54) is 5.56 Å². The second-order valence-electron chi connectivity index (χ2n) is 9.11. The van der Waals surface area contributed by atoms with Crippen LogP contribution in [0.1, 0.15) is 22.3 Å². The molecule has 5 aromatic rings. The monoisotopic (exact) mass is 497 g/mol. The van der Waals surface area contributed by atoms with Gasteiger partial charge in [0, 0.05) is 17.1 Å². The molecule has 0 saturated heterocycles. The van der Waals surface area contributed by atoms with Crippen molar-refractivity contribution in [2.45, 2.75) is 6.92 Å². The van der Waals surface area contributed by atoms with Gasteiger partial charge in [-0.05, 0) is 95.9 Å². The molecule has 0 aliphatic heterocycles. The molecule has 5 aromatic carbocycles. The highest BCUT2D eigenvalue weighted by atomic mass is 16.5. The van der Waals surface area contributed by atoms with Crippen LogP contribution >= 0.6 is 0 Å². The third-order valence-corrected chi connectivity index (χ3v) is 6.57. The van der Waals surface area contributed by atoms with Crippen LogP contribution < -0.4 is 14.4 Å². The van der Waals surface area contributed by atoms with E-state index in [-0.39, 0.29) is 0 Å². The number of ether oxygens (including phenoxy) is 2. The molecule has 0 aliphatic carbocycles. The lowest BCUT2D eigenvalue weighted by Gasteiger charge is -2.25. The van der Waals surface area contributed by atoms with Crippen molar-refractivity contribution < 1.29 is 9.47 Å². The average Bonchev–Trinajstić information content (AvgIpc) is 2.98. The van der Waals surface area contributed by atoms with Gasteiger partial charge in [0.25, 0.3) is 0 Å². The number of para-hydroxylation sites is 1. The molecule has 0 bridgehead atoms. The third kappa shape index (κ3) is 5.63. The fourth-order valence-corrected chi connectivity index (χ4v) is 4.48. The third-order valence-electron chi connectivity index (χ3n) is 6.57. The van der Waals surface area contributed by atoms with Gasteiger partial charge < -0.3 is 14.4 Å². The lowest BCUT2D eigenvalue weighted by molar-refractivity contribution is 0.414. The van der Waals surface area contributed by atoms with Gasteiger partial charge in [-0.25, -0.2) is 0 Å². The summed E-state index contributed by atoms with van der Waals surface area (Å²) in [7, 11) is 3.37. The quantitative estimate of drug-likeness (QED) is 0.200. The normalized spacial score (nSPS) is 10.5.